The lowest BCUT2D eigenvalue weighted by Gasteiger charge is -2.24. The van der Waals surface area contributed by atoms with Crippen LogP contribution in [0.4, 0.5) is 11.8 Å². The minimum Gasteiger partial charge on any atom is -0.370 e. The summed E-state index contributed by atoms with van der Waals surface area (Å²) >= 11 is 0. The van der Waals surface area contributed by atoms with Gasteiger partial charge in [-0.05, 0) is 12.8 Å². The van der Waals surface area contributed by atoms with Crippen molar-refractivity contribution < 1.29 is 8.42 Å². The standard InChI is InChI=1S/C20H28N4O2S/c1-3-4-8-12-21-19-14-18(16-9-6-5-7-10-16)22-20(23-19)24(2)17-11-13-27(25,26)15-17/h5-7,9-10,14,17H,3-4,8,11-13,15H2,1-2H3,(H,21,22,23). The fourth-order valence-corrected chi connectivity index (χ4v) is 5.05. The second kappa shape index (κ2) is 8.69. The highest BCUT2D eigenvalue weighted by Crippen LogP contribution is 2.26. The number of unbranched alkanes of at least 4 members (excludes halogenated alkanes) is 2. The number of hydrogen-bond acceptors (Lipinski definition) is 6. The highest BCUT2D eigenvalue weighted by Gasteiger charge is 2.32. The van der Waals surface area contributed by atoms with E-state index >= 15 is 0 Å². The molecule has 1 aliphatic rings. The van der Waals surface area contributed by atoms with Gasteiger partial charge in [-0.15, -0.1) is 0 Å². The van der Waals surface area contributed by atoms with Crippen LogP contribution in [0.15, 0.2) is 36.4 Å². The number of sulfone groups is 1. The van der Waals surface area contributed by atoms with Gasteiger partial charge in [0.2, 0.25) is 5.95 Å². The zero-order valence-corrected chi connectivity index (χ0v) is 16.9. The molecule has 1 saturated heterocycles. The molecule has 1 unspecified atom stereocenters. The van der Waals surface area contributed by atoms with Crippen LogP contribution in [-0.4, -0.2) is 49.5 Å². The molecular formula is C20H28N4O2S. The lowest BCUT2D eigenvalue weighted by molar-refractivity contribution is 0.600. The van der Waals surface area contributed by atoms with Gasteiger partial charge in [0.15, 0.2) is 9.84 Å². The minimum atomic E-state index is -2.95. The molecule has 27 heavy (non-hydrogen) atoms. The maximum Gasteiger partial charge on any atom is 0.227 e. The number of aromatic nitrogens is 2. The molecule has 1 atom stereocenters. The molecule has 0 spiro atoms. The van der Waals surface area contributed by atoms with Crippen molar-refractivity contribution in [3.63, 3.8) is 0 Å². The van der Waals surface area contributed by atoms with Crippen LogP contribution in [0, 0.1) is 0 Å². The lowest BCUT2D eigenvalue weighted by Crippen LogP contribution is -2.34. The van der Waals surface area contributed by atoms with Crippen molar-refractivity contribution in [1.82, 2.24) is 9.97 Å². The van der Waals surface area contributed by atoms with Crippen molar-refractivity contribution in [3.05, 3.63) is 36.4 Å². The topological polar surface area (TPSA) is 75.2 Å². The van der Waals surface area contributed by atoms with Gasteiger partial charge in [-0.2, -0.15) is 4.98 Å². The van der Waals surface area contributed by atoms with Gasteiger partial charge in [-0.1, -0.05) is 50.1 Å². The molecule has 1 fully saturated rings. The molecule has 1 aromatic heterocycles. The van der Waals surface area contributed by atoms with E-state index in [2.05, 4.69) is 17.2 Å². The average molecular weight is 389 g/mol. The maximum absolute atomic E-state index is 11.9. The van der Waals surface area contributed by atoms with E-state index in [0.29, 0.717) is 12.4 Å². The minimum absolute atomic E-state index is 0.0750. The van der Waals surface area contributed by atoms with Gasteiger partial charge in [0.05, 0.1) is 17.2 Å². The van der Waals surface area contributed by atoms with Gasteiger partial charge in [0.1, 0.15) is 5.82 Å². The molecule has 1 aliphatic heterocycles. The molecule has 1 N–H and O–H groups in total. The Labute approximate surface area is 162 Å². The summed E-state index contributed by atoms with van der Waals surface area (Å²) in [5.74, 6) is 1.75. The summed E-state index contributed by atoms with van der Waals surface area (Å²) < 4.78 is 23.7. The quantitative estimate of drug-likeness (QED) is 0.699. The first-order valence-corrected chi connectivity index (χ1v) is 11.4. The molecule has 6 nitrogen and oxygen atoms in total. The lowest BCUT2D eigenvalue weighted by atomic mass is 10.1. The highest BCUT2D eigenvalue weighted by molar-refractivity contribution is 7.91. The fraction of sp³-hybridized carbons (Fsp3) is 0.500. The zero-order valence-electron chi connectivity index (χ0n) is 16.1. The predicted octanol–water partition coefficient (Wildman–Crippen LogP) is 3.37. The van der Waals surface area contributed by atoms with Crippen LogP contribution < -0.4 is 10.2 Å². The van der Waals surface area contributed by atoms with E-state index in [1.807, 2.05) is 48.3 Å². The van der Waals surface area contributed by atoms with E-state index in [4.69, 9.17) is 4.98 Å². The van der Waals surface area contributed by atoms with E-state index in [-0.39, 0.29) is 17.5 Å². The van der Waals surface area contributed by atoms with Crippen LogP contribution in [0.3, 0.4) is 0 Å². The SMILES string of the molecule is CCCCCNc1cc(-c2ccccc2)nc(N(C)C2CCS(=O)(=O)C2)n1. The summed E-state index contributed by atoms with van der Waals surface area (Å²) in [6, 6.07) is 11.9. The van der Waals surface area contributed by atoms with Crippen molar-refractivity contribution in [1.29, 1.82) is 0 Å². The van der Waals surface area contributed by atoms with E-state index in [9.17, 15) is 8.42 Å². The van der Waals surface area contributed by atoms with Crippen molar-refractivity contribution in [2.75, 3.05) is 35.3 Å². The highest BCUT2D eigenvalue weighted by atomic mass is 32.2. The largest absolute Gasteiger partial charge is 0.370 e. The first kappa shape index (κ1) is 19.6. The Balaban J connectivity index is 1.87. The maximum atomic E-state index is 11.9. The van der Waals surface area contributed by atoms with Crippen LogP contribution in [-0.2, 0) is 9.84 Å². The van der Waals surface area contributed by atoms with E-state index in [1.54, 1.807) is 0 Å². The first-order chi connectivity index (χ1) is 13.0. The molecular weight excluding hydrogens is 360 g/mol. The fourth-order valence-electron chi connectivity index (χ4n) is 3.28. The summed E-state index contributed by atoms with van der Waals surface area (Å²) in [7, 11) is -1.07. The molecule has 146 valence electrons. The molecule has 3 rings (SSSR count). The molecule has 2 aromatic rings. The summed E-state index contributed by atoms with van der Waals surface area (Å²) in [6.45, 7) is 3.04. The van der Waals surface area contributed by atoms with Crippen molar-refractivity contribution >= 4 is 21.6 Å². The number of nitrogens with one attached hydrogen (secondary N) is 1. The summed E-state index contributed by atoms with van der Waals surface area (Å²) in [5, 5.41) is 3.40. The molecule has 7 heteroatoms. The second-order valence-corrected chi connectivity index (χ2v) is 9.33. The third-order valence-corrected chi connectivity index (χ3v) is 6.69. The van der Waals surface area contributed by atoms with Gasteiger partial charge in [0.25, 0.3) is 0 Å². The smallest absolute Gasteiger partial charge is 0.227 e. The number of rotatable bonds is 8. The number of hydrogen-bond donors (Lipinski definition) is 1. The molecule has 1 aromatic carbocycles. The van der Waals surface area contributed by atoms with Crippen LogP contribution >= 0.6 is 0 Å². The van der Waals surface area contributed by atoms with Crippen LogP contribution in [0.2, 0.25) is 0 Å². The number of anilines is 2. The molecule has 0 radical (unpaired) electrons. The van der Waals surface area contributed by atoms with Gasteiger partial charge >= 0.3 is 0 Å². The molecule has 0 aliphatic carbocycles. The monoisotopic (exact) mass is 388 g/mol. The van der Waals surface area contributed by atoms with Gasteiger partial charge in [-0.25, -0.2) is 13.4 Å². The van der Waals surface area contributed by atoms with E-state index < -0.39 is 9.84 Å². The first-order valence-electron chi connectivity index (χ1n) is 9.60. The normalized spacial score (nSPS) is 18.4. The van der Waals surface area contributed by atoms with Gasteiger partial charge in [0, 0.05) is 31.3 Å². The Hall–Kier alpha value is -2.15. The van der Waals surface area contributed by atoms with E-state index in [0.717, 1.165) is 30.0 Å². The Kier molecular flexibility index (Phi) is 6.31. The average Bonchev–Trinajstić information content (AvgIpc) is 3.05. The summed E-state index contributed by atoms with van der Waals surface area (Å²) in [4.78, 5) is 11.3. The van der Waals surface area contributed by atoms with Crippen molar-refractivity contribution in [3.8, 4) is 11.3 Å². The molecule has 0 bridgehead atoms. The Morgan fingerprint density at radius 2 is 1.96 bits per heavy atom. The number of nitrogens with zero attached hydrogens (tertiary/aromatic N) is 3. The summed E-state index contributed by atoms with van der Waals surface area (Å²) in [5.41, 5.74) is 1.86. The Bertz CT molecular complexity index is 856. The van der Waals surface area contributed by atoms with E-state index in [1.165, 1.54) is 12.8 Å². The van der Waals surface area contributed by atoms with Gasteiger partial charge < -0.3 is 10.2 Å². The van der Waals surface area contributed by atoms with Crippen LogP contribution in [0.1, 0.15) is 32.6 Å². The third kappa shape index (κ3) is 5.19. The van der Waals surface area contributed by atoms with Crippen molar-refractivity contribution in [2.45, 2.75) is 38.6 Å². The zero-order chi connectivity index (χ0) is 19.3. The number of benzene rings is 1. The summed E-state index contributed by atoms with van der Waals surface area (Å²) in [6.07, 6.45) is 4.06. The van der Waals surface area contributed by atoms with Crippen molar-refractivity contribution in [2.24, 2.45) is 0 Å². The van der Waals surface area contributed by atoms with Crippen LogP contribution in [0.5, 0.6) is 0 Å². The van der Waals surface area contributed by atoms with Gasteiger partial charge in [-0.3, -0.25) is 0 Å². The molecule has 0 saturated carbocycles. The Morgan fingerprint density at radius 1 is 1.19 bits per heavy atom. The molecule has 0 amide bonds. The predicted molar refractivity (Wildman–Crippen MR) is 111 cm³/mol. The molecule has 2 heterocycles. The third-order valence-electron chi connectivity index (χ3n) is 4.94. The van der Waals surface area contributed by atoms with Crippen LogP contribution in [0.25, 0.3) is 11.3 Å². The second-order valence-electron chi connectivity index (χ2n) is 7.11. The Morgan fingerprint density at radius 3 is 2.63 bits per heavy atom.